The number of halogens is 1. The third-order valence-electron chi connectivity index (χ3n) is 4.64. The first kappa shape index (κ1) is 19.8. The van der Waals surface area contributed by atoms with Crippen molar-refractivity contribution in [2.45, 2.75) is 39.0 Å². The van der Waals surface area contributed by atoms with Gasteiger partial charge in [-0.25, -0.2) is 0 Å². The molecule has 1 aromatic carbocycles. The number of carbonyl (C=O) groups is 2. The molecule has 0 unspecified atom stereocenters. The van der Waals surface area contributed by atoms with E-state index in [0.29, 0.717) is 37.2 Å². The van der Waals surface area contributed by atoms with Gasteiger partial charge in [-0.05, 0) is 53.4 Å². The molecule has 1 N–H and O–H groups in total. The first-order chi connectivity index (χ1) is 12.1. The Morgan fingerprint density at radius 1 is 1.28 bits per heavy atom. The second kappa shape index (κ2) is 9.80. The molecule has 0 radical (unpaired) electrons. The molecule has 138 valence electrons. The normalized spacial score (nSPS) is 15.1. The lowest BCUT2D eigenvalue weighted by Crippen LogP contribution is -2.43. The van der Waals surface area contributed by atoms with Crippen LogP contribution in [0.1, 0.15) is 49.4 Å². The quantitative estimate of drug-likeness (QED) is 0.698. The summed E-state index contributed by atoms with van der Waals surface area (Å²) in [6, 6.07) is 5.39. The molecule has 5 nitrogen and oxygen atoms in total. The van der Waals surface area contributed by atoms with E-state index in [0.717, 1.165) is 30.3 Å². The molecule has 2 amide bonds. The van der Waals surface area contributed by atoms with E-state index >= 15 is 0 Å². The van der Waals surface area contributed by atoms with Crippen LogP contribution in [-0.2, 0) is 4.79 Å². The molecule has 1 aromatic rings. The van der Waals surface area contributed by atoms with Gasteiger partial charge in [0.25, 0.3) is 5.91 Å². The Morgan fingerprint density at radius 2 is 2.00 bits per heavy atom. The van der Waals surface area contributed by atoms with E-state index in [1.807, 2.05) is 17.0 Å². The van der Waals surface area contributed by atoms with Crippen molar-refractivity contribution in [1.29, 1.82) is 0 Å². The number of ether oxygens (including phenoxy) is 1. The van der Waals surface area contributed by atoms with Crippen molar-refractivity contribution < 1.29 is 14.3 Å². The minimum Gasteiger partial charge on any atom is -0.497 e. The number of hydrogen-bond donors (Lipinski definition) is 1. The van der Waals surface area contributed by atoms with Crippen molar-refractivity contribution in [2.75, 3.05) is 26.7 Å². The number of nitrogens with zero attached hydrogens (tertiary/aromatic N) is 1. The maximum Gasteiger partial charge on any atom is 0.255 e. The van der Waals surface area contributed by atoms with Crippen molar-refractivity contribution in [3.05, 3.63) is 28.2 Å². The minimum atomic E-state index is -0.0208. The van der Waals surface area contributed by atoms with Crippen LogP contribution >= 0.6 is 15.9 Å². The summed E-state index contributed by atoms with van der Waals surface area (Å²) in [6.07, 6.45) is 4.75. The van der Waals surface area contributed by atoms with Gasteiger partial charge in [0.05, 0.1) is 12.7 Å². The van der Waals surface area contributed by atoms with Crippen LogP contribution in [0.25, 0.3) is 0 Å². The first-order valence-electron chi connectivity index (χ1n) is 8.97. The highest BCUT2D eigenvalue weighted by molar-refractivity contribution is 9.10. The topological polar surface area (TPSA) is 58.6 Å². The fourth-order valence-electron chi connectivity index (χ4n) is 3.04. The molecule has 1 aliphatic rings. The van der Waals surface area contributed by atoms with Crippen LogP contribution in [0, 0.1) is 5.92 Å². The molecule has 1 aliphatic heterocycles. The SMILES string of the molecule is CCCCCNC(=O)C1CCN(C(=O)c2cc(OC)ccc2Br)CC1. The van der Waals surface area contributed by atoms with Crippen LogP contribution in [0.5, 0.6) is 5.75 Å². The van der Waals surface area contributed by atoms with Gasteiger partial charge in [-0.15, -0.1) is 0 Å². The zero-order valence-corrected chi connectivity index (χ0v) is 16.6. The Hall–Kier alpha value is -1.56. The lowest BCUT2D eigenvalue weighted by Gasteiger charge is -2.31. The zero-order valence-electron chi connectivity index (χ0n) is 15.0. The van der Waals surface area contributed by atoms with Crippen LogP contribution in [0.2, 0.25) is 0 Å². The molecule has 0 aromatic heterocycles. The Balaban J connectivity index is 1.87. The van der Waals surface area contributed by atoms with Gasteiger partial charge in [0.2, 0.25) is 5.91 Å². The average Bonchev–Trinajstić information content (AvgIpc) is 2.65. The third-order valence-corrected chi connectivity index (χ3v) is 5.33. The molecule has 0 saturated carbocycles. The number of hydrogen-bond acceptors (Lipinski definition) is 3. The van der Waals surface area contributed by atoms with Crippen LogP contribution < -0.4 is 10.1 Å². The van der Waals surface area contributed by atoms with Gasteiger partial charge in [0.15, 0.2) is 0 Å². The number of methoxy groups -OCH3 is 1. The second-order valence-corrected chi connectivity index (χ2v) is 7.26. The van der Waals surface area contributed by atoms with Crippen LogP contribution in [0.4, 0.5) is 0 Å². The summed E-state index contributed by atoms with van der Waals surface area (Å²) in [7, 11) is 1.59. The maximum atomic E-state index is 12.7. The van der Waals surface area contributed by atoms with E-state index in [1.54, 1.807) is 13.2 Å². The van der Waals surface area contributed by atoms with Gasteiger partial charge < -0.3 is 15.0 Å². The van der Waals surface area contributed by atoms with E-state index in [1.165, 1.54) is 0 Å². The Labute approximate surface area is 158 Å². The van der Waals surface area contributed by atoms with Gasteiger partial charge in [0, 0.05) is 30.0 Å². The molecule has 0 aliphatic carbocycles. The molecule has 1 saturated heterocycles. The van der Waals surface area contributed by atoms with Crippen LogP contribution in [0.15, 0.2) is 22.7 Å². The van der Waals surface area contributed by atoms with Crippen molar-refractivity contribution in [1.82, 2.24) is 10.2 Å². The van der Waals surface area contributed by atoms with Crippen LogP contribution in [-0.4, -0.2) is 43.5 Å². The van der Waals surface area contributed by atoms with Crippen LogP contribution in [0.3, 0.4) is 0 Å². The smallest absolute Gasteiger partial charge is 0.255 e. The minimum absolute atomic E-state index is 0.0134. The highest BCUT2D eigenvalue weighted by atomic mass is 79.9. The summed E-state index contributed by atoms with van der Waals surface area (Å²) in [5.74, 6) is 0.783. The molecule has 1 fully saturated rings. The number of rotatable bonds is 7. The van der Waals surface area contributed by atoms with E-state index in [2.05, 4.69) is 28.2 Å². The third kappa shape index (κ3) is 5.46. The summed E-state index contributed by atoms with van der Waals surface area (Å²) in [5, 5.41) is 3.02. The largest absolute Gasteiger partial charge is 0.497 e. The number of carbonyl (C=O) groups excluding carboxylic acids is 2. The van der Waals surface area contributed by atoms with Gasteiger partial charge in [0.1, 0.15) is 5.75 Å². The van der Waals surface area contributed by atoms with Gasteiger partial charge in [-0.3, -0.25) is 9.59 Å². The van der Waals surface area contributed by atoms with Gasteiger partial charge >= 0.3 is 0 Å². The number of likely N-dealkylation sites (tertiary alicyclic amines) is 1. The zero-order chi connectivity index (χ0) is 18.2. The number of unbranched alkanes of at least 4 members (excludes halogenated alkanes) is 2. The van der Waals surface area contributed by atoms with E-state index in [9.17, 15) is 9.59 Å². The average molecular weight is 411 g/mol. The Morgan fingerprint density at radius 3 is 2.64 bits per heavy atom. The summed E-state index contributed by atoms with van der Waals surface area (Å²) in [4.78, 5) is 26.8. The summed E-state index contributed by atoms with van der Waals surface area (Å²) >= 11 is 3.44. The maximum absolute atomic E-state index is 12.7. The van der Waals surface area contributed by atoms with Crippen molar-refractivity contribution in [3.8, 4) is 5.75 Å². The fourth-order valence-corrected chi connectivity index (χ4v) is 3.46. The molecular formula is C19H27BrN2O3. The standard InChI is InChI=1S/C19H27BrN2O3/c1-3-4-5-10-21-18(23)14-8-11-22(12-9-14)19(24)16-13-15(25-2)6-7-17(16)20/h6-7,13-14H,3-5,8-12H2,1-2H3,(H,21,23). The lowest BCUT2D eigenvalue weighted by atomic mass is 9.95. The predicted octanol–water partition coefficient (Wildman–Crippen LogP) is 3.62. The first-order valence-corrected chi connectivity index (χ1v) is 9.76. The summed E-state index contributed by atoms with van der Waals surface area (Å²) in [5.41, 5.74) is 0.599. The number of amides is 2. The van der Waals surface area contributed by atoms with E-state index < -0.39 is 0 Å². The molecule has 6 heteroatoms. The highest BCUT2D eigenvalue weighted by Crippen LogP contribution is 2.26. The fraction of sp³-hybridized carbons (Fsp3) is 0.579. The lowest BCUT2D eigenvalue weighted by molar-refractivity contribution is -0.126. The monoisotopic (exact) mass is 410 g/mol. The Kier molecular flexibility index (Phi) is 7.75. The van der Waals surface area contributed by atoms with Gasteiger partial charge in [-0.2, -0.15) is 0 Å². The number of benzene rings is 1. The second-order valence-electron chi connectivity index (χ2n) is 6.41. The highest BCUT2D eigenvalue weighted by Gasteiger charge is 2.28. The predicted molar refractivity (Wildman–Crippen MR) is 102 cm³/mol. The van der Waals surface area contributed by atoms with Crippen molar-refractivity contribution in [3.63, 3.8) is 0 Å². The van der Waals surface area contributed by atoms with Gasteiger partial charge in [-0.1, -0.05) is 19.8 Å². The van der Waals surface area contributed by atoms with E-state index in [-0.39, 0.29) is 17.7 Å². The molecule has 1 heterocycles. The van der Waals surface area contributed by atoms with E-state index in [4.69, 9.17) is 4.74 Å². The molecule has 0 spiro atoms. The molecule has 0 bridgehead atoms. The Bertz CT molecular complexity index is 598. The van der Waals surface area contributed by atoms with Crippen molar-refractivity contribution >= 4 is 27.7 Å². The number of piperidine rings is 1. The number of nitrogens with one attached hydrogen (secondary N) is 1. The molecule has 2 rings (SSSR count). The molecular weight excluding hydrogens is 384 g/mol. The van der Waals surface area contributed by atoms with Crippen molar-refractivity contribution in [2.24, 2.45) is 5.92 Å². The summed E-state index contributed by atoms with van der Waals surface area (Å²) < 4.78 is 5.96. The summed E-state index contributed by atoms with van der Waals surface area (Å²) in [6.45, 7) is 4.11. The molecule has 0 atom stereocenters. The molecule has 25 heavy (non-hydrogen) atoms.